The molecule has 1 aliphatic heterocycles. The van der Waals surface area contributed by atoms with E-state index in [1.165, 1.54) is 6.92 Å². The van der Waals surface area contributed by atoms with Gasteiger partial charge in [0.1, 0.15) is 0 Å². The van der Waals surface area contributed by atoms with E-state index in [2.05, 4.69) is 5.32 Å². The molecule has 1 rings (SSSR count). The maximum absolute atomic E-state index is 11.9. The standard InChI is InChI=1S/C13H22N2O4/c1-10(16)14-11-6-8-15(9-7-11)12(17)4-2-3-5-13(18)19/h11H,2-9H2,1H3,(H,14,16)(H,18,19). The predicted molar refractivity (Wildman–Crippen MR) is 69.5 cm³/mol. The molecule has 2 N–H and O–H groups in total. The summed E-state index contributed by atoms with van der Waals surface area (Å²) in [6.07, 6.45) is 3.29. The quantitative estimate of drug-likeness (QED) is 0.698. The van der Waals surface area contributed by atoms with E-state index in [1.54, 1.807) is 4.90 Å². The van der Waals surface area contributed by atoms with Gasteiger partial charge in [-0.05, 0) is 25.7 Å². The molecule has 0 aromatic carbocycles. The SMILES string of the molecule is CC(=O)NC1CCN(C(=O)CCCCC(=O)O)CC1. The normalized spacial score (nSPS) is 16.2. The number of nitrogens with one attached hydrogen (secondary N) is 1. The van der Waals surface area contributed by atoms with Crippen LogP contribution in [0.1, 0.15) is 45.4 Å². The summed E-state index contributed by atoms with van der Waals surface area (Å²) in [5.41, 5.74) is 0. The summed E-state index contributed by atoms with van der Waals surface area (Å²) in [6.45, 7) is 2.84. The molecule has 0 aromatic rings. The number of carboxylic acids is 1. The summed E-state index contributed by atoms with van der Waals surface area (Å²) in [5.74, 6) is -0.756. The molecule has 0 bridgehead atoms. The van der Waals surface area contributed by atoms with Crippen LogP contribution in [0, 0.1) is 0 Å². The van der Waals surface area contributed by atoms with E-state index in [0.29, 0.717) is 32.4 Å². The fraction of sp³-hybridized carbons (Fsp3) is 0.769. The van der Waals surface area contributed by atoms with Gasteiger partial charge in [0.05, 0.1) is 0 Å². The van der Waals surface area contributed by atoms with Crippen molar-refractivity contribution in [2.75, 3.05) is 13.1 Å². The molecule has 6 nitrogen and oxygen atoms in total. The molecule has 0 aromatic heterocycles. The van der Waals surface area contributed by atoms with Crippen molar-refractivity contribution in [2.45, 2.75) is 51.5 Å². The summed E-state index contributed by atoms with van der Waals surface area (Å²) in [5, 5.41) is 11.4. The number of carbonyl (C=O) groups is 3. The zero-order chi connectivity index (χ0) is 14.3. The Labute approximate surface area is 113 Å². The fourth-order valence-electron chi connectivity index (χ4n) is 2.27. The molecular weight excluding hydrogens is 248 g/mol. The van der Waals surface area contributed by atoms with Crippen LogP contribution in [0.2, 0.25) is 0 Å². The minimum Gasteiger partial charge on any atom is -0.481 e. The summed E-state index contributed by atoms with van der Waals surface area (Å²) in [4.78, 5) is 34.9. The molecule has 0 atom stereocenters. The van der Waals surface area contributed by atoms with Gasteiger partial charge < -0.3 is 15.3 Å². The Morgan fingerprint density at radius 1 is 1.16 bits per heavy atom. The molecule has 1 aliphatic rings. The minimum atomic E-state index is -0.816. The fourth-order valence-corrected chi connectivity index (χ4v) is 2.27. The summed E-state index contributed by atoms with van der Waals surface area (Å²) < 4.78 is 0. The van der Waals surface area contributed by atoms with Gasteiger partial charge in [0.15, 0.2) is 0 Å². The summed E-state index contributed by atoms with van der Waals surface area (Å²) in [7, 11) is 0. The first-order chi connectivity index (χ1) is 8.99. The van der Waals surface area contributed by atoms with Gasteiger partial charge in [-0.25, -0.2) is 0 Å². The van der Waals surface area contributed by atoms with Crippen molar-refractivity contribution in [1.82, 2.24) is 10.2 Å². The van der Waals surface area contributed by atoms with E-state index in [4.69, 9.17) is 5.11 Å². The number of amides is 2. The molecule has 108 valence electrons. The number of nitrogens with zero attached hydrogens (tertiary/aromatic N) is 1. The zero-order valence-corrected chi connectivity index (χ0v) is 11.4. The number of carbonyl (C=O) groups excluding carboxylic acids is 2. The van der Waals surface area contributed by atoms with Crippen LogP contribution in [0.3, 0.4) is 0 Å². The maximum Gasteiger partial charge on any atom is 0.303 e. The lowest BCUT2D eigenvalue weighted by atomic mass is 10.0. The van der Waals surface area contributed by atoms with Crippen LogP contribution in [0.15, 0.2) is 0 Å². The number of hydrogen-bond acceptors (Lipinski definition) is 3. The predicted octanol–water partition coefficient (Wildman–Crippen LogP) is 0.758. The van der Waals surface area contributed by atoms with Crippen molar-refractivity contribution in [3.63, 3.8) is 0 Å². The van der Waals surface area contributed by atoms with Crippen molar-refractivity contribution >= 4 is 17.8 Å². The van der Waals surface area contributed by atoms with Gasteiger partial charge in [-0.3, -0.25) is 14.4 Å². The van der Waals surface area contributed by atoms with Gasteiger partial charge in [-0.15, -0.1) is 0 Å². The van der Waals surface area contributed by atoms with Gasteiger partial charge in [-0.2, -0.15) is 0 Å². The van der Waals surface area contributed by atoms with Crippen LogP contribution in [-0.2, 0) is 14.4 Å². The molecule has 6 heteroatoms. The van der Waals surface area contributed by atoms with Crippen LogP contribution >= 0.6 is 0 Å². The first-order valence-corrected chi connectivity index (χ1v) is 6.75. The van der Waals surface area contributed by atoms with E-state index < -0.39 is 5.97 Å². The topological polar surface area (TPSA) is 86.7 Å². The first-order valence-electron chi connectivity index (χ1n) is 6.75. The Balaban J connectivity index is 2.18. The number of likely N-dealkylation sites (tertiary alicyclic amines) is 1. The highest BCUT2D eigenvalue weighted by Gasteiger charge is 2.22. The average Bonchev–Trinajstić information content (AvgIpc) is 2.34. The lowest BCUT2D eigenvalue weighted by molar-refractivity contribution is -0.138. The van der Waals surface area contributed by atoms with Crippen LogP contribution in [0.5, 0.6) is 0 Å². The second-order valence-corrected chi connectivity index (χ2v) is 4.96. The highest BCUT2D eigenvalue weighted by atomic mass is 16.4. The summed E-state index contributed by atoms with van der Waals surface area (Å²) in [6, 6.07) is 0.175. The Kier molecular flexibility index (Phi) is 6.32. The third kappa shape index (κ3) is 6.22. The third-order valence-corrected chi connectivity index (χ3v) is 3.29. The number of rotatable bonds is 6. The van der Waals surface area contributed by atoms with Gasteiger partial charge in [0.2, 0.25) is 11.8 Å². The second-order valence-electron chi connectivity index (χ2n) is 4.96. The molecule has 1 saturated heterocycles. The number of unbranched alkanes of at least 4 members (excludes halogenated alkanes) is 1. The van der Waals surface area contributed by atoms with Gasteiger partial charge >= 0.3 is 5.97 Å². The highest BCUT2D eigenvalue weighted by Crippen LogP contribution is 2.13. The Bertz CT molecular complexity index is 336. The molecular formula is C13H22N2O4. The van der Waals surface area contributed by atoms with E-state index in [9.17, 15) is 14.4 Å². The number of hydrogen-bond donors (Lipinski definition) is 2. The van der Waals surface area contributed by atoms with E-state index in [-0.39, 0.29) is 24.3 Å². The van der Waals surface area contributed by atoms with Crippen molar-refractivity contribution < 1.29 is 19.5 Å². The maximum atomic E-state index is 11.9. The molecule has 1 heterocycles. The zero-order valence-electron chi connectivity index (χ0n) is 11.4. The largest absolute Gasteiger partial charge is 0.481 e. The van der Waals surface area contributed by atoms with Crippen LogP contribution in [0.4, 0.5) is 0 Å². The molecule has 19 heavy (non-hydrogen) atoms. The van der Waals surface area contributed by atoms with Gasteiger partial charge in [-0.1, -0.05) is 0 Å². The highest BCUT2D eigenvalue weighted by molar-refractivity contribution is 5.76. The average molecular weight is 270 g/mol. The van der Waals surface area contributed by atoms with E-state index in [0.717, 1.165) is 12.8 Å². The van der Waals surface area contributed by atoms with Gasteiger partial charge in [0.25, 0.3) is 0 Å². The van der Waals surface area contributed by atoms with Crippen LogP contribution < -0.4 is 5.32 Å². The minimum absolute atomic E-state index is 0.0292. The second kappa shape index (κ2) is 7.76. The first kappa shape index (κ1) is 15.5. The lowest BCUT2D eigenvalue weighted by Crippen LogP contribution is -2.46. The molecule has 0 spiro atoms. The molecule has 0 unspecified atom stereocenters. The number of aliphatic carboxylic acids is 1. The Morgan fingerprint density at radius 3 is 2.26 bits per heavy atom. The molecule has 2 amide bonds. The Morgan fingerprint density at radius 2 is 1.74 bits per heavy atom. The number of piperidine rings is 1. The van der Waals surface area contributed by atoms with E-state index in [1.807, 2.05) is 0 Å². The van der Waals surface area contributed by atoms with Crippen molar-refractivity contribution in [1.29, 1.82) is 0 Å². The smallest absolute Gasteiger partial charge is 0.303 e. The van der Waals surface area contributed by atoms with Crippen LogP contribution in [0.25, 0.3) is 0 Å². The molecule has 0 aliphatic carbocycles. The monoisotopic (exact) mass is 270 g/mol. The van der Waals surface area contributed by atoms with Crippen LogP contribution in [-0.4, -0.2) is 46.9 Å². The number of carboxylic acid groups (broad SMARTS) is 1. The van der Waals surface area contributed by atoms with Crippen molar-refractivity contribution in [3.05, 3.63) is 0 Å². The summed E-state index contributed by atoms with van der Waals surface area (Å²) >= 11 is 0. The van der Waals surface area contributed by atoms with Crippen molar-refractivity contribution in [2.24, 2.45) is 0 Å². The third-order valence-electron chi connectivity index (χ3n) is 3.29. The Hall–Kier alpha value is -1.59. The molecule has 1 fully saturated rings. The molecule has 0 radical (unpaired) electrons. The lowest BCUT2D eigenvalue weighted by Gasteiger charge is -2.32. The van der Waals surface area contributed by atoms with Crippen molar-refractivity contribution in [3.8, 4) is 0 Å². The van der Waals surface area contributed by atoms with Gasteiger partial charge in [0, 0.05) is 38.9 Å². The van der Waals surface area contributed by atoms with E-state index >= 15 is 0 Å². The molecule has 0 saturated carbocycles.